The van der Waals surface area contributed by atoms with E-state index in [1.54, 1.807) is 43.3 Å². The minimum Gasteiger partial charge on any atom is -0.494 e. The lowest BCUT2D eigenvalue weighted by Crippen LogP contribution is -2.31. The Hall–Kier alpha value is -2.99. The van der Waals surface area contributed by atoms with Gasteiger partial charge in [-0.3, -0.25) is 4.79 Å². The molecule has 10 nitrogen and oxygen atoms in total. The number of ether oxygens (including phenoxy) is 1. The van der Waals surface area contributed by atoms with Crippen molar-refractivity contribution >= 4 is 37.8 Å². The van der Waals surface area contributed by atoms with Crippen molar-refractivity contribution in [1.29, 1.82) is 0 Å². The number of hydrogen-bond acceptors (Lipinski definition) is 8. The van der Waals surface area contributed by atoms with Crippen molar-refractivity contribution < 1.29 is 17.9 Å². The highest BCUT2D eigenvalue weighted by Gasteiger charge is 2.24. The Morgan fingerprint density at radius 2 is 1.97 bits per heavy atom. The van der Waals surface area contributed by atoms with Crippen LogP contribution in [0.2, 0.25) is 0 Å². The highest BCUT2D eigenvalue weighted by molar-refractivity contribution is 9.10. The number of nitrogens with zero attached hydrogens (tertiary/aromatic N) is 5. The summed E-state index contributed by atoms with van der Waals surface area (Å²) in [5.41, 5.74) is 0.446. The third kappa shape index (κ3) is 4.38. The van der Waals surface area contributed by atoms with Crippen LogP contribution in [0.4, 0.5) is 5.95 Å². The number of halogens is 1. The maximum Gasteiger partial charge on any atom is 0.284 e. The molecule has 29 heavy (non-hydrogen) atoms. The van der Waals surface area contributed by atoms with E-state index in [-0.39, 0.29) is 21.0 Å². The van der Waals surface area contributed by atoms with Crippen molar-refractivity contribution in [2.75, 3.05) is 26.1 Å². The first kappa shape index (κ1) is 20.7. The van der Waals surface area contributed by atoms with Gasteiger partial charge in [-0.05, 0) is 28.1 Å². The molecule has 1 N–H and O–H groups in total. The van der Waals surface area contributed by atoms with Gasteiger partial charge in [0.25, 0.3) is 15.9 Å². The van der Waals surface area contributed by atoms with Gasteiger partial charge >= 0.3 is 0 Å². The average Bonchev–Trinajstić information content (AvgIpc) is 3.18. The van der Waals surface area contributed by atoms with Crippen molar-refractivity contribution in [3.63, 3.8) is 0 Å². The second kappa shape index (κ2) is 8.17. The van der Waals surface area contributed by atoms with Crippen LogP contribution in [-0.2, 0) is 10.0 Å². The molecule has 0 radical (unpaired) electrons. The normalized spacial score (nSPS) is 11.2. The lowest BCUT2D eigenvalue weighted by Gasteiger charge is -2.12. The number of carbonyl (C=O) groups excluding carboxylic acids is 1. The first-order chi connectivity index (χ1) is 13.7. The largest absolute Gasteiger partial charge is 0.494 e. The molecule has 0 saturated heterocycles. The SMILES string of the molecule is COc1ccccc1-n1cc(S(=O)(=O)NC(=O)c2nc(N(C)C)ncc2Br)cn1. The van der Waals surface area contributed by atoms with Crippen LogP contribution in [-0.4, -0.2) is 55.3 Å². The zero-order valence-corrected chi connectivity index (χ0v) is 18.1. The summed E-state index contributed by atoms with van der Waals surface area (Å²) in [7, 11) is 0.724. The van der Waals surface area contributed by atoms with Gasteiger partial charge in [0.1, 0.15) is 22.0 Å². The van der Waals surface area contributed by atoms with Gasteiger partial charge in [0.15, 0.2) is 0 Å². The highest BCUT2D eigenvalue weighted by Crippen LogP contribution is 2.23. The molecule has 1 aromatic carbocycles. The van der Waals surface area contributed by atoms with E-state index in [9.17, 15) is 13.2 Å². The molecule has 152 valence electrons. The first-order valence-electron chi connectivity index (χ1n) is 8.18. The molecule has 12 heteroatoms. The number of carbonyl (C=O) groups is 1. The molecule has 0 aliphatic heterocycles. The van der Waals surface area contributed by atoms with Crippen molar-refractivity contribution in [3.8, 4) is 11.4 Å². The molecule has 2 aromatic heterocycles. The van der Waals surface area contributed by atoms with Crippen LogP contribution in [0.1, 0.15) is 10.5 Å². The fourth-order valence-electron chi connectivity index (χ4n) is 2.36. The second-order valence-corrected chi connectivity index (χ2v) is 8.52. The van der Waals surface area contributed by atoms with Gasteiger partial charge in [-0.2, -0.15) is 5.10 Å². The van der Waals surface area contributed by atoms with Crippen molar-refractivity contribution in [2.24, 2.45) is 0 Å². The first-order valence-corrected chi connectivity index (χ1v) is 10.5. The number of anilines is 1. The summed E-state index contributed by atoms with van der Waals surface area (Å²) in [5.74, 6) is -0.114. The molecule has 3 rings (SSSR count). The lowest BCUT2D eigenvalue weighted by atomic mass is 10.3. The van der Waals surface area contributed by atoms with Crippen LogP contribution in [0.3, 0.4) is 0 Å². The summed E-state index contributed by atoms with van der Waals surface area (Å²) in [6, 6.07) is 7.00. The van der Waals surface area contributed by atoms with E-state index >= 15 is 0 Å². The van der Waals surface area contributed by atoms with Gasteiger partial charge < -0.3 is 9.64 Å². The quantitative estimate of drug-likeness (QED) is 0.564. The number of aromatic nitrogens is 4. The van der Waals surface area contributed by atoms with E-state index in [0.29, 0.717) is 11.4 Å². The summed E-state index contributed by atoms with van der Waals surface area (Å²) >= 11 is 3.17. The molecular formula is C17H17BrN6O4S. The summed E-state index contributed by atoms with van der Waals surface area (Å²) < 4.78 is 34.2. The van der Waals surface area contributed by atoms with Crippen molar-refractivity contribution in [2.45, 2.75) is 4.90 Å². The van der Waals surface area contributed by atoms with Gasteiger partial charge in [0.05, 0.1) is 24.0 Å². The second-order valence-electron chi connectivity index (χ2n) is 5.99. The number of sulfonamides is 1. The molecule has 3 aromatic rings. The molecule has 0 aliphatic carbocycles. The molecule has 0 saturated carbocycles. The van der Waals surface area contributed by atoms with E-state index < -0.39 is 15.9 Å². The van der Waals surface area contributed by atoms with Crippen LogP contribution in [0, 0.1) is 0 Å². The van der Waals surface area contributed by atoms with E-state index in [2.05, 4.69) is 31.0 Å². The van der Waals surface area contributed by atoms with Gasteiger partial charge in [-0.1, -0.05) is 12.1 Å². The van der Waals surface area contributed by atoms with Gasteiger partial charge in [0.2, 0.25) is 5.95 Å². The third-order valence-electron chi connectivity index (χ3n) is 3.77. The molecule has 0 fully saturated rings. The highest BCUT2D eigenvalue weighted by atomic mass is 79.9. The summed E-state index contributed by atoms with van der Waals surface area (Å²) in [4.78, 5) is 22.1. The monoisotopic (exact) mass is 480 g/mol. The average molecular weight is 481 g/mol. The van der Waals surface area contributed by atoms with E-state index in [4.69, 9.17) is 4.74 Å². The predicted octanol–water partition coefficient (Wildman–Crippen LogP) is 1.62. The predicted molar refractivity (Wildman–Crippen MR) is 109 cm³/mol. The Bertz CT molecular complexity index is 1160. The van der Waals surface area contributed by atoms with Crippen molar-refractivity contribution in [3.05, 3.63) is 53.0 Å². The minimum absolute atomic E-state index is 0.107. The molecule has 0 aliphatic rings. The smallest absolute Gasteiger partial charge is 0.284 e. The Morgan fingerprint density at radius 3 is 2.66 bits per heavy atom. The molecule has 0 atom stereocenters. The van der Waals surface area contributed by atoms with Gasteiger partial charge in [-0.25, -0.2) is 27.8 Å². The zero-order valence-electron chi connectivity index (χ0n) is 15.7. The Morgan fingerprint density at radius 1 is 1.24 bits per heavy atom. The number of rotatable bonds is 6. The summed E-state index contributed by atoms with van der Waals surface area (Å²) in [5, 5.41) is 4.06. The number of benzene rings is 1. The van der Waals surface area contributed by atoms with Crippen LogP contribution in [0.5, 0.6) is 5.75 Å². The van der Waals surface area contributed by atoms with Gasteiger partial charge in [0, 0.05) is 20.3 Å². The number of amides is 1. The van der Waals surface area contributed by atoms with Crippen LogP contribution in [0.25, 0.3) is 5.69 Å². The maximum atomic E-state index is 12.7. The molecule has 0 spiro atoms. The fourth-order valence-corrected chi connectivity index (χ4v) is 3.61. The summed E-state index contributed by atoms with van der Waals surface area (Å²) in [6.45, 7) is 0. The van der Waals surface area contributed by atoms with E-state index in [0.717, 1.165) is 6.20 Å². The van der Waals surface area contributed by atoms with Crippen LogP contribution in [0.15, 0.2) is 52.2 Å². The molecule has 0 unspecified atom stereocenters. The Kier molecular flexibility index (Phi) is 5.84. The van der Waals surface area contributed by atoms with E-state index in [1.165, 1.54) is 24.2 Å². The molecular weight excluding hydrogens is 464 g/mol. The summed E-state index contributed by atoms with van der Waals surface area (Å²) in [6.07, 6.45) is 3.81. The Labute approximate surface area is 175 Å². The standard InChI is InChI=1S/C17H17BrN6O4S/c1-23(2)17-19-9-12(18)15(21-17)16(25)22-29(26,27)11-8-20-24(10-11)13-6-4-5-7-14(13)28-3/h4-10H,1-3H3,(H,22,25). The Balaban J connectivity index is 1.88. The fraction of sp³-hybridized carbons (Fsp3) is 0.176. The zero-order chi connectivity index (χ0) is 21.2. The van der Waals surface area contributed by atoms with Crippen LogP contribution < -0.4 is 14.4 Å². The van der Waals surface area contributed by atoms with E-state index in [1.807, 2.05) is 4.72 Å². The number of methoxy groups -OCH3 is 1. The maximum absolute atomic E-state index is 12.7. The molecule has 0 bridgehead atoms. The number of hydrogen-bond donors (Lipinski definition) is 1. The third-order valence-corrected chi connectivity index (χ3v) is 5.64. The lowest BCUT2D eigenvalue weighted by molar-refractivity contribution is 0.0975. The van der Waals surface area contributed by atoms with Crippen LogP contribution >= 0.6 is 15.9 Å². The molecule has 2 heterocycles. The minimum atomic E-state index is -4.18. The topological polar surface area (TPSA) is 119 Å². The molecule has 1 amide bonds. The number of nitrogens with one attached hydrogen (secondary N) is 1. The van der Waals surface area contributed by atoms with Crippen molar-refractivity contribution in [1.82, 2.24) is 24.5 Å². The van der Waals surface area contributed by atoms with Gasteiger partial charge in [-0.15, -0.1) is 0 Å². The number of para-hydroxylation sites is 2.